The first-order chi connectivity index (χ1) is 10.3. The summed E-state index contributed by atoms with van der Waals surface area (Å²) in [4.78, 5) is 25.9. The zero-order valence-corrected chi connectivity index (χ0v) is 14.8. The van der Waals surface area contributed by atoms with Gasteiger partial charge in [0.1, 0.15) is 0 Å². The van der Waals surface area contributed by atoms with Gasteiger partial charge in [-0.1, -0.05) is 0 Å². The maximum Gasteiger partial charge on any atom is 0.317 e. The molecule has 0 spiro atoms. The van der Waals surface area contributed by atoms with E-state index >= 15 is 0 Å². The molecule has 1 fully saturated rings. The van der Waals surface area contributed by atoms with Gasteiger partial charge < -0.3 is 15.0 Å². The number of nitrogens with one attached hydrogen (secondary N) is 1. The van der Waals surface area contributed by atoms with Crippen molar-refractivity contribution in [2.24, 2.45) is 11.8 Å². The lowest BCUT2D eigenvalue weighted by Gasteiger charge is -2.33. The summed E-state index contributed by atoms with van der Waals surface area (Å²) in [5, 5.41) is 3.02. The van der Waals surface area contributed by atoms with Gasteiger partial charge in [0.15, 0.2) is 0 Å². The fraction of sp³-hybridized carbons (Fsp3) is 0.882. The van der Waals surface area contributed by atoms with Crippen molar-refractivity contribution in [3.63, 3.8) is 0 Å². The second-order valence-corrected chi connectivity index (χ2v) is 7.19. The summed E-state index contributed by atoms with van der Waals surface area (Å²) in [6.45, 7) is 11.8. The van der Waals surface area contributed by atoms with E-state index in [0.29, 0.717) is 19.1 Å². The predicted octanol–water partition coefficient (Wildman–Crippen LogP) is 3.19. The fourth-order valence-electron chi connectivity index (χ4n) is 2.91. The van der Waals surface area contributed by atoms with E-state index in [1.165, 1.54) is 0 Å². The Labute approximate surface area is 134 Å². The third kappa shape index (κ3) is 6.24. The predicted molar refractivity (Wildman–Crippen MR) is 87.6 cm³/mol. The SMILES string of the molecule is CCOC(=O)C1CCC(CN(CC)C(=O)NC(C)(C)C)CC1. The van der Waals surface area contributed by atoms with Crippen LogP contribution in [0.2, 0.25) is 0 Å². The number of amides is 2. The quantitative estimate of drug-likeness (QED) is 0.793. The number of carbonyl (C=O) groups excluding carboxylic acids is 2. The van der Waals surface area contributed by atoms with Crippen LogP contribution in [0.1, 0.15) is 60.3 Å². The maximum atomic E-state index is 12.3. The van der Waals surface area contributed by atoms with Gasteiger partial charge in [0.05, 0.1) is 12.5 Å². The number of hydrogen-bond donors (Lipinski definition) is 1. The molecule has 0 radical (unpaired) electrons. The van der Waals surface area contributed by atoms with Crippen molar-refractivity contribution in [3.8, 4) is 0 Å². The lowest BCUT2D eigenvalue weighted by Crippen LogP contribution is -2.49. The van der Waals surface area contributed by atoms with Crippen LogP contribution in [0.5, 0.6) is 0 Å². The highest BCUT2D eigenvalue weighted by Gasteiger charge is 2.29. The Morgan fingerprint density at radius 2 is 1.73 bits per heavy atom. The van der Waals surface area contributed by atoms with Gasteiger partial charge in [-0.2, -0.15) is 0 Å². The molecule has 0 unspecified atom stereocenters. The molecule has 0 aromatic heterocycles. The summed E-state index contributed by atoms with van der Waals surface area (Å²) in [5.41, 5.74) is -0.216. The van der Waals surface area contributed by atoms with Crippen molar-refractivity contribution in [1.29, 1.82) is 0 Å². The van der Waals surface area contributed by atoms with Gasteiger partial charge in [0.2, 0.25) is 0 Å². The van der Waals surface area contributed by atoms with Gasteiger partial charge in [-0.25, -0.2) is 4.79 Å². The van der Waals surface area contributed by atoms with Crippen LogP contribution in [0.4, 0.5) is 4.79 Å². The molecule has 1 aliphatic carbocycles. The second-order valence-electron chi connectivity index (χ2n) is 7.19. The Balaban J connectivity index is 2.44. The first-order valence-corrected chi connectivity index (χ1v) is 8.50. The summed E-state index contributed by atoms with van der Waals surface area (Å²) in [6, 6.07) is 0.00233. The first-order valence-electron chi connectivity index (χ1n) is 8.50. The lowest BCUT2D eigenvalue weighted by molar-refractivity contribution is -0.149. The Hall–Kier alpha value is -1.26. The van der Waals surface area contributed by atoms with Gasteiger partial charge in [0.25, 0.3) is 0 Å². The average molecular weight is 312 g/mol. The van der Waals surface area contributed by atoms with Gasteiger partial charge >= 0.3 is 12.0 Å². The summed E-state index contributed by atoms with van der Waals surface area (Å²) < 4.78 is 5.10. The molecule has 128 valence electrons. The third-order valence-electron chi connectivity index (χ3n) is 4.10. The number of esters is 1. The van der Waals surface area contributed by atoms with E-state index in [2.05, 4.69) is 5.32 Å². The summed E-state index contributed by atoms with van der Waals surface area (Å²) in [5.74, 6) is 0.477. The molecule has 1 rings (SSSR count). The number of ether oxygens (including phenoxy) is 1. The largest absolute Gasteiger partial charge is 0.466 e. The summed E-state index contributed by atoms with van der Waals surface area (Å²) >= 11 is 0. The van der Waals surface area contributed by atoms with Crippen molar-refractivity contribution in [3.05, 3.63) is 0 Å². The molecule has 0 atom stereocenters. The zero-order chi connectivity index (χ0) is 16.8. The molecule has 22 heavy (non-hydrogen) atoms. The Morgan fingerprint density at radius 3 is 2.18 bits per heavy atom. The standard InChI is InChI=1S/C17H32N2O3/c1-6-19(16(21)18-17(3,4)5)12-13-8-10-14(11-9-13)15(20)22-7-2/h13-14H,6-12H2,1-5H3,(H,18,21). The van der Waals surface area contributed by atoms with Crippen LogP contribution in [0.3, 0.4) is 0 Å². The van der Waals surface area contributed by atoms with Crippen molar-refractivity contribution in [2.45, 2.75) is 65.8 Å². The molecule has 0 aromatic carbocycles. The van der Waals surface area contributed by atoms with Crippen LogP contribution in [0.25, 0.3) is 0 Å². The smallest absolute Gasteiger partial charge is 0.317 e. The van der Waals surface area contributed by atoms with E-state index in [-0.39, 0.29) is 23.5 Å². The van der Waals surface area contributed by atoms with Crippen LogP contribution in [0, 0.1) is 11.8 Å². The van der Waals surface area contributed by atoms with Crippen molar-refractivity contribution in [1.82, 2.24) is 10.2 Å². The van der Waals surface area contributed by atoms with Crippen molar-refractivity contribution in [2.75, 3.05) is 19.7 Å². The van der Waals surface area contributed by atoms with Crippen LogP contribution >= 0.6 is 0 Å². The van der Waals surface area contributed by atoms with E-state index < -0.39 is 0 Å². The zero-order valence-electron chi connectivity index (χ0n) is 14.8. The van der Waals surface area contributed by atoms with Crippen LogP contribution < -0.4 is 5.32 Å². The highest BCUT2D eigenvalue weighted by atomic mass is 16.5. The average Bonchev–Trinajstić information content (AvgIpc) is 2.43. The molecular weight excluding hydrogens is 280 g/mol. The molecular formula is C17H32N2O3. The molecule has 1 saturated carbocycles. The minimum Gasteiger partial charge on any atom is -0.466 e. The highest BCUT2D eigenvalue weighted by Crippen LogP contribution is 2.30. The molecule has 1 N–H and O–H groups in total. The number of urea groups is 1. The van der Waals surface area contributed by atoms with E-state index in [1.807, 2.05) is 39.5 Å². The topological polar surface area (TPSA) is 58.6 Å². The minimum absolute atomic E-state index is 0.00233. The Bertz CT molecular complexity index is 369. The van der Waals surface area contributed by atoms with Crippen LogP contribution in [0.15, 0.2) is 0 Å². The van der Waals surface area contributed by atoms with Gasteiger partial charge in [-0.05, 0) is 66.2 Å². The van der Waals surface area contributed by atoms with E-state index in [9.17, 15) is 9.59 Å². The van der Waals surface area contributed by atoms with E-state index in [4.69, 9.17) is 4.74 Å². The summed E-state index contributed by atoms with van der Waals surface area (Å²) in [6.07, 6.45) is 3.73. The molecule has 0 saturated heterocycles. The van der Waals surface area contributed by atoms with Crippen molar-refractivity contribution < 1.29 is 14.3 Å². The number of hydrogen-bond acceptors (Lipinski definition) is 3. The third-order valence-corrected chi connectivity index (χ3v) is 4.10. The van der Waals surface area contributed by atoms with Crippen LogP contribution in [-0.2, 0) is 9.53 Å². The number of carbonyl (C=O) groups is 2. The molecule has 0 bridgehead atoms. The molecule has 0 aromatic rings. The summed E-state index contributed by atoms with van der Waals surface area (Å²) in [7, 11) is 0. The van der Waals surface area contributed by atoms with Crippen LogP contribution in [-0.4, -0.2) is 42.1 Å². The molecule has 0 heterocycles. The Morgan fingerprint density at radius 1 is 1.14 bits per heavy atom. The molecule has 5 nitrogen and oxygen atoms in total. The van der Waals surface area contributed by atoms with Gasteiger partial charge in [-0.3, -0.25) is 4.79 Å². The van der Waals surface area contributed by atoms with E-state index in [1.54, 1.807) is 0 Å². The number of rotatable bonds is 5. The van der Waals surface area contributed by atoms with Gasteiger partial charge in [-0.15, -0.1) is 0 Å². The van der Waals surface area contributed by atoms with Crippen molar-refractivity contribution >= 4 is 12.0 Å². The monoisotopic (exact) mass is 312 g/mol. The molecule has 1 aliphatic rings. The van der Waals surface area contributed by atoms with Gasteiger partial charge in [0, 0.05) is 18.6 Å². The highest BCUT2D eigenvalue weighted by molar-refractivity contribution is 5.75. The molecule has 2 amide bonds. The minimum atomic E-state index is -0.216. The molecule has 5 heteroatoms. The second kappa shape index (κ2) is 8.39. The van der Waals surface area contributed by atoms with E-state index in [0.717, 1.165) is 32.2 Å². The molecule has 0 aliphatic heterocycles. The maximum absolute atomic E-state index is 12.3. The normalized spacial score (nSPS) is 22.0. The number of nitrogens with zero attached hydrogens (tertiary/aromatic N) is 1. The lowest BCUT2D eigenvalue weighted by atomic mass is 9.82. The Kier molecular flexibility index (Phi) is 7.17. The fourth-order valence-corrected chi connectivity index (χ4v) is 2.91. The first kappa shape index (κ1) is 18.8.